The third-order valence-electron chi connectivity index (χ3n) is 7.00. The third-order valence-corrected chi connectivity index (χ3v) is 8.04. The number of aromatic nitrogens is 3. The number of halogens is 2. The van der Waals surface area contributed by atoms with Gasteiger partial charge in [0.05, 0.1) is 24.5 Å². The van der Waals surface area contributed by atoms with Crippen LogP contribution in [0.4, 0.5) is 26.1 Å². The lowest BCUT2D eigenvalue weighted by Crippen LogP contribution is -2.40. The Morgan fingerprint density at radius 3 is 2.56 bits per heavy atom. The van der Waals surface area contributed by atoms with Crippen molar-refractivity contribution < 1.29 is 13.6 Å². The van der Waals surface area contributed by atoms with Crippen LogP contribution in [0.15, 0.2) is 84.2 Å². The van der Waals surface area contributed by atoms with Crippen LogP contribution in [0.2, 0.25) is 0 Å². The smallest absolute Gasteiger partial charge is 0.274 e. The fraction of sp³-hybridized carbons (Fsp3) is 0.172. The van der Waals surface area contributed by atoms with Gasteiger partial charge in [-0.25, -0.2) is 28.7 Å². The Balaban J connectivity index is 1.37. The van der Waals surface area contributed by atoms with Crippen molar-refractivity contribution in [1.82, 2.24) is 15.0 Å². The molecule has 12 heteroatoms. The molecule has 9 nitrogen and oxygen atoms in total. The average Bonchev–Trinajstić information content (AvgIpc) is 3.39. The Labute approximate surface area is 238 Å². The molecule has 1 saturated heterocycles. The number of benzene rings is 2. The maximum Gasteiger partial charge on any atom is 0.274 e. The summed E-state index contributed by atoms with van der Waals surface area (Å²) >= 11 is 1.54. The largest absolute Gasteiger partial charge is 0.338 e. The Hall–Kier alpha value is -4.89. The summed E-state index contributed by atoms with van der Waals surface area (Å²) < 4.78 is 29.3. The predicted octanol–water partition coefficient (Wildman–Crippen LogP) is 4.82. The van der Waals surface area contributed by atoms with E-state index in [1.54, 1.807) is 6.07 Å². The molecule has 2 aliphatic rings. The first kappa shape index (κ1) is 26.3. The first-order valence-corrected chi connectivity index (χ1v) is 13.7. The SMILES string of the molecule is N#Cc1ccc(C(=O)Nc2ccc(F)c([C@]34CN(c5ncc(F)cn5)C[C@H]3CSC(Nc3ccccc3)=N4)c2)nc1. The maximum atomic E-state index is 15.7. The van der Waals surface area contributed by atoms with Crippen molar-refractivity contribution in [2.75, 3.05) is 34.4 Å². The third kappa shape index (κ3) is 5.31. The van der Waals surface area contributed by atoms with Crippen LogP contribution < -0.4 is 15.5 Å². The second-order valence-electron chi connectivity index (χ2n) is 9.61. The zero-order valence-electron chi connectivity index (χ0n) is 21.5. The highest BCUT2D eigenvalue weighted by Crippen LogP contribution is 2.48. The lowest BCUT2D eigenvalue weighted by atomic mass is 9.81. The monoisotopic (exact) mass is 568 g/mol. The fourth-order valence-electron chi connectivity index (χ4n) is 5.03. The number of carbonyl (C=O) groups is 1. The van der Waals surface area contributed by atoms with Crippen LogP contribution >= 0.6 is 11.8 Å². The highest BCUT2D eigenvalue weighted by Gasteiger charge is 2.52. The molecule has 0 bridgehead atoms. The number of para-hydroxylation sites is 1. The molecular formula is C29H22F2N8OS. The van der Waals surface area contributed by atoms with E-state index in [9.17, 15) is 9.18 Å². The molecule has 2 aromatic heterocycles. The molecule has 1 fully saturated rings. The van der Waals surface area contributed by atoms with Crippen molar-refractivity contribution in [2.45, 2.75) is 5.54 Å². The number of anilines is 3. The lowest BCUT2D eigenvalue weighted by molar-refractivity contribution is 0.102. The summed E-state index contributed by atoms with van der Waals surface area (Å²) in [5.41, 5.74) is 0.934. The van der Waals surface area contributed by atoms with E-state index in [0.717, 1.165) is 18.1 Å². The minimum absolute atomic E-state index is 0.118. The summed E-state index contributed by atoms with van der Waals surface area (Å²) in [6, 6.07) is 18.9. The minimum Gasteiger partial charge on any atom is -0.338 e. The summed E-state index contributed by atoms with van der Waals surface area (Å²) in [4.78, 5) is 32.2. The van der Waals surface area contributed by atoms with E-state index < -0.39 is 23.1 Å². The molecule has 0 aliphatic carbocycles. The van der Waals surface area contributed by atoms with Crippen molar-refractivity contribution in [2.24, 2.45) is 10.9 Å². The van der Waals surface area contributed by atoms with E-state index in [0.29, 0.717) is 40.2 Å². The molecule has 0 spiro atoms. The summed E-state index contributed by atoms with van der Waals surface area (Å²) in [6.07, 6.45) is 3.52. The first-order chi connectivity index (χ1) is 19.9. The van der Waals surface area contributed by atoms with Crippen molar-refractivity contribution in [3.05, 3.63) is 108 Å². The quantitative estimate of drug-likeness (QED) is 0.352. The van der Waals surface area contributed by atoms with Crippen molar-refractivity contribution in [3.8, 4) is 6.07 Å². The second-order valence-corrected chi connectivity index (χ2v) is 10.6. The number of fused-ring (bicyclic) bond motifs is 1. The molecule has 0 radical (unpaired) electrons. The van der Waals surface area contributed by atoms with Gasteiger partial charge in [0.2, 0.25) is 5.95 Å². The van der Waals surface area contributed by atoms with Crippen LogP contribution in [0.25, 0.3) is 0 Å². The molecule has 2 N–H and O–H groups in total. The molecule has 204 valence electrons. The van der Waals surface area contributed by atoms with Gasteiger partial charge < -0.3 is 15.5 Å². The number of amides is 1. The molecule has 4 aromatic rings. The van der Waals surface area contributed by atoms with Crippen LogP contribution in [-0.4, -0.2) is 44.9 Å². The molecule has 0 unspecified atom stereocenters. The summed E-state index contributed by atoms with van der Waals surface area (Å²) in [5, 5.41) is 15.7. The van der Waals surface area contributed by atoms with Gasteiger partial charge in [0.1, 0.15) is 23.1 Å². The Morgan fingerprint density at radius 1 is 1.02 bits per heavy atom. The molecule has 6 rings (SSSR count). The normalized spacial score (nSPS) is 19.6. The number of thioether (sulfide) groups is 1. The summed E-state index contributed by atoms with van der Waals surface area (Å²) in [7, 11) is 0. The van der Waals surface area contributed by atoms with Crippen molar-refractivity contribution >= 4 is 40.2 Å². The van der Waals surface area contributed by atoms with E-state index in [-0.39, 0.29) is 18.2 Å². The van der Waals surface area contributed by atoms with Crippen molar-refractivity contribution in [3.63, 3.8) is 0 Å². The van der Waals surface area contributed by atoms with Gasteiger partial charge >= 0.3 is 0 Å². The number of carbonyl (C=O) groups excluding carboxylic acids is 1. The predicted molar refractivity (Wildman–Crippen MR) is 153 cm³/mol. The number of hydrogen-bond acceptors (Lipinski definition) is 9. The number of nitrogens with zero attached hydrogens (tertiary/aromatic N) is 6. The van der Waals surface area contributed by atoms with Gasteiger partial charge in [0.15, 0.2) is 11.0 Å². The summed E-state index contributed by atoms with van der Waals surface area (Å²) in [6.45, 7) is 0.723. The number of rotatable bonds is 5. The standard InChI is InChI=1S/C29H22F2N8OS/c30-20-13-34-27(35-14-20)39-15-19-16-41-28(37-21-4-2-1-3-5-21)38-29(19,17-39)23-10-22(7-8-24(23)31)36-26(40)25-9-6-18(11-32)12-33-25/h1-10,12-14,19H,15-17H2,(H,36,40)(H,37,38)/t19-,29-/m0/s1. The molecule has 1 amide bonds. The molecule has 2 aliphatic heterocycles. The van der Waals surface area contributed by atoms with Gasteiger partial charge in [-0.1, -0.05) is 30.0 Å². The Kier molecular flexibility index (Phi) is 7.03. The molecule has 41 heavy (non-hydrogen) atoms. The topological polar surface area (TPSA) is 119 Å². The van der Waals surface area contributed by atoms with Gasteiger partial charge in [0, 0.05) is 41.4 Å². The van der Waals surface area contributed by atoms with Gasteiger partial charge in [-0.3, -0.25) is 4.79 Å². The van der Waals surface area contributed by atoms with Gasteiger partial charge in [-0.05, 0) is 42.5 Å². The zero-order valence-corrected chi connectivity index (χ0v) is 22.3. The number of aliphatic imine (C=N–C) groups is 1. The van der Waals surface area contributed by atoms with E-state index in [1.165, 1.54) is 42.2 Å². The number of pyridine rings is 1. The number of nitrogens with one attached hydrogen (secondary N) is 2. The Morgan fingerprint density at radius 2 is 1.83 bits per heavy atom. The molecule has 2 aromatic carbocycles. The second kappa shape index (κ2) is 10.9. The van der Waals surface area contributed by atoms with E-state index in [1.807, 2.05) is 41.3 Å². The van der Waals surface area contributed by atoms with Crippen LogP contribution in [0, 0.1) is 28.9 Å². The molecule has 0 saturated carbocycles. The van der Waals surface area contributed by atoms with Gasteiger partial charge in [0.25, 0.3) is 5.91 Å². The maximum absolute atomic E-state index is 15.7. The fourth-order valence-corrected chi connectivity index (χ4v) is 6.19. The van der Waals surface area contributed by atoms with E-state index in [2.05, 4.69) is 25.6 Å². The summed E-state index contributed by atoms with van der Waals surface area (Å²) in [5.74, 6) is -0.696. The molecular weight excluding hydrogens is 546 g/mol. The Bertz CT molecular complexity index is 1660. The first-order valence-electron chi connectivity index (χ1n) is 12.7. The van der Waals surface area contributed by atoms with Crippen LogP contribution in [0.1, 0.15) is 21.6 Å². The number of amidine groups is 1. The van der Waals surface area contributed by atoms with E-state index >= 15 is 4.39 Å². The van der Waals surface area contributed by atoms with Gasteiger partial charge in [-0.2, -0.15) is 5.26 Å². The highest BCUT2D eigenvalue weighted by atomic mass is 32.2. The van der Waals surface area contributed by atoms with Crippen LogP contribution in [0.3, 0.4) is 0 Å². The average molecular weight is 569 g/mol. The number of hydrogen-bond donors (Lipinski definition) is 2. The highest BCUT2D eigenvalue weighted by molar-refractivity contribution is 8.14. The van der Waals surface area contributed by atoms with Crippen LogP contribution in [-0.2, 0) is 5.54 Å². The van der Waals surface area contributed by atoms with Gasteiger partial charge in [-0.15, -0.1) is 0 Å². The number of nitriles is 1. The molecule has 2 atom stereocenters. The minimum atomic E-state index is -1.04. The van der Waals surface area contributed by atoms with Crippen molar-refractivity contribution in [1.29, 1.82) is 5.26 Å². The van der Waals surface area contributed by atoms with E-state index in [4.69, 9.17) is 10.3 Å². The molecule has 4 heterocycles. The van der Waals surface area contributed by atoms with Crippen LogP contribution in [0.5, 0.6) is 0 Å². The lowest BCUT2D eigenvalue weighted by Gasteiger charge is -2.36. The zero-order chi connectivity index (χ0) is 28.4.